The Balaban J connectivity index is 5.35. The number of carbonyl (C=O) groups excluding carboxylic acids is 3. The monoisotopic (exact) mass is 434 g/mol. The first kappa shape index (κ1) is 26.7. The Bertz CT molecular complexity index is 631. The van der Waals surface area contributed by atoms with E-state index in [1.165, 1.54) is 41.5 Å². The Morgan fingerprint density at radius 2 is 0.828 bits per heavy atom. The molecule has 0 bridgehead atoms. The molecule has 3 unspecified atom stereocenters. The van der Waals surface area contributed by atoms with Gasteiger partial charge in [-0.1, -0.05) is 19.7 Å². The third kappa shape index (κ3) is 10.7. The Labute approximate surface area is 170 Å². The summed E-state index contributed by atoms with van der Waals surface area (Å²) in [4.78, 5) is 34.8. The molecule has 0 aromatic heterocycles. The highest BCUT2D eigenvalue weighted by molar-refractivity contribution is 7.48. The Hall–Kier alpha value is -2.26. The van der Waals surface area contributed by atoms with E-state index in [-0.39, 0.29) is 16.7 Å². The van der Waals surface area contributed by atoms with Crippen molar-refractivity contribution in [1.29, 1.82) is 0 Å². The molecule has 0 aromatic rings. The summed E-state index contributed by atoms with van der Waals surface area (Å²) in [5.74, 6) is -2.44. The quantitative estimate of drug-likeness (QED) is 0.148. The zero-order valence-corrected chi connectivity index (χ0v) is 18.3. The molecular formula is C18H27O10P. The highest BCUT2D eigenvalue weighted by Crippen LogP contribution is 2.53. The number of phosphoric ester groups is 1. The first-order valence-electron chi connectivity index (χ1n) is 8.41. The Kier molecular flexibility index (Phi) is 10.8. The van der Waals surface area contributed by atoms with E-state index in [9.17, 15) is 18.9 Å². The van der Waals surface area contributed by atoms with E-state index >= 15 is 0 Å². The lowest BCUT2D eigenvalue weighted by molar-refractivity contribution is -0.174. The fourth-order valence-electron chi connectivity index (χ4n) is 1.44. The normalized spacial score (nSPS) is 15.8. The molecule has 0 aliphatic heterocycles. The van der Waals surface area contributed by atoms with Crippen LogP contribution in [0.2, 0.25) is 0 Å². The van der Waals surface area contributed by atoms with Gasteiger partial charge in [0.25, 0.3) is 0 Å². The number of carbonyl (C=O) groups is 3. The van der Waals surface area contributed by atoms with Gasteiger partial charge in [0.05, 0.1) is 0 Å². The Morgan fingerprint density at radius 1 is 0.621 bits per heavy atom. The summed E-state index contributed by atoms with van der Waals surface area (Å²) in [6, 6.07) is 0. The molecule has 0 spiro atoms. The standard InChI is InChI=1S/C18H27O10P/c1-10(2)16(19)23-13(7)26-29(22,27-14(8)24-17(20)11(3)4)28-15(9)25-18(21)12(5)6/h13-15H,1,3,5H2,2,4,6-9H3. The summed E-state index contributed by atoms with van der Waals surface area (Å²) in [5, 5.41) is 0. The van der Waals surface area contributed by atoms with Crippen LogP contribution in [0.5, 0.6) is 0 Å². The lowest BCUT2D eigenvalue weighted by Crippen LogP contribution is -2.25. The topological polar surface area (TPSA) is 124 Å². The van der Waals surface area contributed by atoms with Crippen LogP contribution < -0.4 is 0 Å². The van der Waals surface area contributed by atoms with Gasteiger partial charge in [0.1, 0.15) is 0 Å². The highest BCUT2D eigenvalue weighted by Gasteiger charge is 2.37. The molecule has 11 heteroatoms. The van der Waals surface area contributed by atoms with Crippen molar-refractivity contribution < 1.29 is 46.7 Å². The summed E-state index contributed by atoms with van der Waals surface area (Å²) in [6.45, 7) is 18.2. The van der Waals surface area contributed by atoms with Gasteiger partial charge < -0.3 is 14.2 Å². The minimum Gasteiger partial charge on any atom is -0.432 e. The maximum atomic E-state index is 13.0. The van der Waals surface area contributed by atoms with Gasteiger partial charge in [-0.3, -0.25) is 0 Å². The molecule has 29 heavy (non-hydrogen) atoms. The van der Waals surface area contributed by atoms with Crippen molar-refractivity contribution in [2.75, 3.05) is 0 Å². The molecule has 0 radical (unpaired) electrons. The fraction of sp³-hybridized carbons (Fsp3) is 0.500. The van der Waals surface area contributed by atoms with Gasteiger partial charge >= 0.3 is 25.7 Å². The summed E-state index contributed by atoms with van der Waals surface area (Å²) in [6.07, 6.45) is -4.21. The molecular weight excluding hydrogens is 407 g/mol. The van der Waals surface area contributed by atoms with Gasteiger partial charge in [-0.25, -0.2) is 32.5 Å². The second-order valence-corrected chi connectivity index (χ2v) is 7.55. The zero-order valence-electron chi connectivity index (χ0n) is 17.4. The van der Waals surface area contributed by atoms with E-state index in [1.807, 2.05) is 0 Å². The van der Waals surface area contributed by atoms with Crippen LogP contribution in [0, 0.1) is 0 Å². The van der Waals surface area contributed by atoms with Crippen molar-refractivity contribution in [3.63, 3.8) is 0 Å². The smallest absolute Gasteiger partial charge is 0.432 e. The largest absolute Gasteiger partial charge is 0.484 e. The van der Waals surface area contributed by atoms with E-state index in [1.54, 1.807) is 0 Å². The van der Waals surface area contributed by atoms with Crippen LogP contribution in [-0.4, -0.2) is 36.8 Å². The van der Waals surface area contributed by atoms with E-state index in [4.69, 9.17) is 27.8 Å². The minimum absolute atomic E-state index is 0.0737. The number of ether oxygens (including phenoxy) is 3. The summed E-state index contributed by atoms with van der Waals surface area (Å²) < 4.78 is 42.9. The number of esters is 3. The van der Waals surface area contributed by atoms with E-state index in [0.29, 0.717) is 0 Å². The summed E-state index contributed by atoms with van der Waals surface area (Å²) in [5.41, 5.74) is 0.221. The summed E-state index contributed by atoms with van der Waals surface area (Å²) >= 11 is 0. The van der Waals surface area contributed by atoms with Crippen molar-refractivity contribution in [2.24, 2.45) is 0 Å². The first-order valence-corrected chi connectivity index (χ1v) is 9.87. The predicted octanol–water partition coefficient (Wildman–Crippen LogP) is 3.54. The molecule has 0 heterocycles. The molecule has 0 aliphatic carbocycles. The lowest BCUT2D eigenvalue weighted by Gasteiger charge is -2.26. The van der Waals surface area contributed by atoms with Crippen molar-refractivity contribution in [2.45, 2.75) is 60.4 Å². The van der Waals surface area contributed by atoms with Crippen molar-refractivity contribution in [3.8, 4) is 0 Å². The van der Waals surface area contributed by atoms with E-state index in [2.05, 4.69) is 19.7 Å². The molecule has 164 valence electrons. The number of hydrogen-bond donors (Lipinski definition) is 0. The van der Waals surface area contributed by atoms with Crippen LogP contribution in [-0.2, 0) is 46.7 Å². The molecule has 0 rings (SSSR count). The van der Waals surface area contributed by atoms with Gasteiger partial charge in [-0.15, -0.1) is 0 Å². The number of hydrogen-bond acceptors (Lipinski definition) is 10. The van der Waals surface area contributed by atoms with E-state index in [0.717, 1.165) is 0 Å². The van der Waals surface area contributed by atoms with Crippen LogP contribution in [0.25, 0.3) is 0 Å². The number of rotatable bonds is 12. The van der Waals surface area contributed by atoms with Crippen LogP contribution in [0.4, 0.5) is 0 Å². The van der Waals surface area contributed by atoms with Gasteiger partial charge in [0.15, 0.2) is 0 Å². The molecule has 0 amide bonds. The van der Waals surface area contributed by atoms with Crippen molar-refractivity contribution in [3.05, 3.63) is 36.5 Å². The van der Waals surface area contributed by atoms with Gasteiger partial charge in [0, 0.05) is 16.7 Å². The Morgan fingerprint density at radius 3 is 1.00 bits per heavy atom. The zero-order chi connectivity index (χ0) is 22.9. The van der Waals surface area contributed by atoms with Gasteiger partial charge in [-0.05, 0) is 41.5 Å². The molecule has 0 saturated carbocycles. The SMILES string of the molecule is C=C(C)C(=O)OC(C)OP(=O)(OC(C)OC(=O)C(=C)C)OC(C)OC(=O)C(=C)C. The van der Waals surface area contributed by atoms with Gasteiger partial charge in [-0.2, -0.15) is 0 Å². The molecule has 0 aliphatic rings. The highest BCUT2D eigenvalue weighted by atomic mass is 31.2. The minimum atomic E-state index is -4.57. The second kappa shape index (κ2) is 11.7. The molecule has 0 fully saturated rings. The van der Waals surface area contributed by atoms with Crippen molar-refractivity contribution >= 4 is 25.7 Å². The average molecular weight is 434 g/mol. The fourth-order valence-corrected chi connectivity index (χ4v) is 2.81. The molecule has 3 atom stereocenters. The van der Waals surface area contributed by atoms with Crippen LogP contribution in [0.3, 0.4) is 0 Å². The molecule has 10 nitrogen and oxygen atoms in total. The maximum Gasteiger partial charge on any atom is 0.484 e. The average Bonchev–Trinajstić information content (AvgIpc) is 2.52. The summed E-state index contributed by atoms with van der Waals surface area (Å²) in [7, 11) is -4.57. The predicted molar refractivity (Wildman–Crippen MR) is 102 cm³/mol. The third-order valence-electron chi connectivity index (χ3n) is 2.70. The first-order chi connectivity index (χ1) is 13.2. The van der Waals surface area contributed by atoms with Gasteiger partial charge in [0.2, 0.25) is 18.9 Å². The third-order valence-corrected chi connectivity index (χ3v) is 4.36. The molecule has 0 saturated heterocycles. The number of phosphoric acid groups is 1. The molecule has 0 aromatic carbocycles. The van der Waals surface area contributed by atoms with Crippen LogP contribution in [0.15, 0.2) is 36.5 Å². The molecule has 0 N–H and O–H groups in total. The van der Waals surface area contributed by atoms with Crippen LogP contribution >= 0.6 is 7.82 Å². The van der Waals surface area contributed by atoms with Crippen molar-refractivity contribution in [1.82, 2.24) is 0 Å². The van der Waals surface area contributed by atoms with Crippen LogP contribution in [0.1, 0.15) is 41.5 Å². The second-order valence-electron chi connectivity index (χ2n) is 6.02. The maximum absolute atomic E-state index is 13.0. The van der Waals surface area contributed by atoms with E-state index < -0.39 is 44.6 Å². The lowest BCUT2D eigenvalue weighted by atomic mass is 10.4.